The molecule has 2 amide bonds. The standard InChI is InChI=1S/C20H21N3O3/c1-14-12-17(22-26-14)18-8-2-3-10-23(18)20(24)21-16-7-4-6-15(13-16)19-9-5-11-25-19/h4-7,9,11-13,18H,2-3,8,10H2,1H3,(H,21,24)/t18-/m1/s1. The lowest BCUT2D eigenvalue weighted by Gasteiger charge is -2.34. The Morgan fingerprint density at radius 3 is 2.92 bits per heavy atom. The van der Waals surface area contributed by atoms with Crippen molar-refractivity contribution in [3.8, 4) is 11.3 Å². The van der Waals surface area contributed by atoms with Gasteiger partial charge in [0, 0.05) is 23.9 Å². The van der Waals surface area contributed by atoms with Crippen LogP contribution in [-0.2, 0) is 0 Å². The minimum Gasteiger partial charge on any atom is -0.464 e. The van der Waals surface area contributed by atoms with E-state index in [1.165, 1.54) is 0 Å². The highest BCUT2D eigenvalue weighted by Gasteiger charge is 2.30. The van der Waals surface area contributed by atoms with Crippen LogP contribution in [0.4, 0.5) is 10.5 Å². The van der Waals surface area contributed by atoms with Gasteiger partial charge in [-0.05, 0) is 50.5 Å². The molecule has 1 N–H and O–H groups in total. The van der Waals surface area contributed by atoms with Crippen LogP contribution in [0, 0.1) is 6.92 Å². The molecule has 1 saturated heterocycles. The molecule has 1 atom stereocenters. The van der Waals surface area contributed by atoms with Crippen LogP contribution in [0.3, 0.4) is 0 Å². The van der Waals surface area contributed by atoms with E-state index in [4.69, 9.17) is 8.94 Å². The molecule has 6 heteroatoms. The van der Waals surface area contributed by atoms with E-state index in [0.717, 1.165) is 47.7 Å². The average Bonchev–Trinajstić information content (AvgIpc) is 3.34. The largest absolute Gasteiger partial charge is 0.464 e. The summed E-state index contributed by atoms with van der Waals surface area (Å²) in [4.78, 5) is 14.7. The fourth-order valence-corrected chi connectivity index (χ4v) is 3.41. The number of piperidine rings is 1. The maximum absolute atomic E-state index is 12.9. The van der Waals surface area contributed by atoms with Crippen LogP contribution in [0.1, 0.15) is 36.8 Å². The second kappa shape index (κ2) is 7.07. The third-order valence-electron chi connectivity index (χ3n) is 4.67. The number of urea groups is 1. The van der Waals surface area contributed by atoms with Gasteiger partial charge < -0.3 is 19.2 Å². The molecule has 1 aliphatic rings. The Hall–Kier alpha value is -3.02. The highest BCUT2D eigenvalue weighted by molar-refractivity contribution is 5.90. The third-order valence-corrected chi connectivity index (χ3v) is 4.67. The molecule has 134 valence electrons. The molecule has 3 aromatic rings. The van der Waals surface area contributed by atoms with Crippen molar-refractivity contribution >= 4 is 11.7 Å². The molecule has 2 aromatic heterocycles. The van der Waals surface area contributed by atoms with Gasteiger partial charge in [-0.3, -0.25) is 0 Å². The zero-order valence-corrected chi connectivity index (χ0v) is 14.6. The topological polar surface area (TPSA) is 71.5 Å². The van der Waals surface area contributed by atoms with Crippen molar-refractivity contribution in [1.29, 1.82) is 0 Å². The van der Waals surface area contributed by atoms with Crippen molar-refractivity contribution in [2.75, 3.05) is 11.9 Å². The lowest BCUT2D eigenvalue weighted by Crippen LogP contribution is -2.41. The van der Waals surface area contributed by atoms with Crippen LogP contribution in [-0.4, -0.2) is 22.6 Å². The first-order chi connectivity index (χ1) is 12.7. The number of rotatable bonds is 3. The number of carbonyl (C=O) groups is 1. The average molecular weight is 351 g/mol. The van der Waals surface area contributed by atoms with Crippen LogP contribution in [0.2, 0.25) is 0 Å². The maximum Gasteiger partial charge on any atom is 0.322 e. The molecule has 4 rings (SSSR count). The van der Waals surface area contributed by atoms with Crippen LogP contribution in [0.5, 0.6) is 0 Å². The highest BCUT2D eigenvalue weighted by atomic mass is 16.5. The zero-order valence-electron chi connectivity index (χ0n) is 14.6. The predicted octanol–water partition coefficient (Wildman–Crippen LogP) is 5.00. The van der Waals surface area contributed by atoms with Crippen molar-refractivity contribution in [2.45, 2.75) is 32.2 Å². The summed E-state index contributed by atoms with van der Waals surface area (Å²) in [6.45, 7) is 2.57. The first-order valence-electron chi connectivity index (χ1n) is 8.85. The van der Waals surface area contributed by atoms with Gasteiger partial charge in [0.1, 0.15) is 17.2 Å². The van der Waals surface area contributed by atoms with E-state index in [1.54, 1.807) is 6.26 Å². The van der Waals surface area contributed by atoms with E-state index in [2.05, 4.69) is 10.5 Å². The van der Waals surface area contributed by atoms with Crippen LogP contribution in [0.15, 0.2) is 57.7 Å². The minimum absolute atomic E-state index is 0.0468. The number of likely N-dealkylation sites (tertiary alicyclic amines) is 1. The second-order valence-electron chi connectivity index (χ2n) is 6.56. The van der Waals surface area contributed by atoms with E-state index < -0.39 is 0 Å². The molecular weight excluding hydrogens is 330 g/mol. The molecule has 6 nitrogen and oxygen atoms in total. The zero-order chi connectivity index (χ0) is 17.9. The number of anilines is 1. The van der Waals surface area contributed by atoms with E-state index in [0.29, 0.717) is 6.54 Å². The number of amides is 2. The quantitative estimate of drug-likeness (QED) is 0.720. The SMILES string of the molecule is Cc1cc([C@H]2CCCCN2C(=O)Nc2cccc(-c3ccco3)c2)no1. The van der Waals surface area contributed by atoms with Gasteiger partial charge in [-0.2, -0.15) is 0 Å². The van der Waals surface area contributed by atoms with Gasteiger partial charge in [-0.1, -0.05) is 17.3 Å². The lowest BCUT2D eigenvalue weighted by molar-refractivity contribution is 0.159. The Kier molecular flexibility index (Phi) is 4.48. The number of carbonyl (C=O) groups excluding carboxylic acids is 1. The Bertz CT molecular complexity index is 885. The number of hydrogen-bond donors (Lipinski definition) is 1. The molecule has 1 aromatic carbocycles. The molecule has 1 aliphatic heterocycles. The summed E-state index contributed by atoms with van der Waals surface area (Å²) in [7, 11) is 0. The fourth-order valence-electron chi connectivity index (χ4n) is 3.41. The number of furan rings is 1. The van der Waals surface area contributed by atoms with Gasteiger partial charge in [0.05, 0.1) is 12.3 Å². The van der Waals surface area contributed by atoms with Crippen molar-refractivity contribution in [1.82, 2.24) is 10.1 Å². The van der Waals surface area contributed by atoms with Gasteiger partial charge in [0.25, 0.3) is 0 Å². The molecule has 0 bridgehead atoms. The summed E-state index contributed by atoms with van der Waals surface area (Å²) in [5.74, 6) is 1.53. The summed E-state index contributed by atoms with van der Waals surface area (Å²) in [5.41, 5.74) is 2.49. The molecule has 26 heavy (non-hydrogen) atoms. The summed E-state index contributed by atoms with van der Waals surface area (Å²) >= 11 is 0. The Morgan fingerprint density at radius 1 is 1.23 bits per heavy atom. The number of nitrogens with one attached hydrogen (secondary N) is 1. The molecule has 0 saturated carbocycles. The fraction of sp³-hybridized carbons (Fsp3) is 0.300. The Morgan fingerprint density at radius 2 is 2.15 bits per heavy atom. The van der Waals surface area contributed by atoms with Crippen molar-refractivity contribution in [3.63, 3.8) is 0 Å². The number of nitrogens with zero attached hydrogens (tertiary/aromatic N) is 2. The van der Waals surface area contributed by atoms with Crippen LogP contribution in [0.25, 0.3) is 11.3 Å². The number of aryl methyl sites for hydroxylation is 1. The first-order valence-corrected chi connectivity index (χ1v) is 8.85. The Balaban J connectivity index is 1.52. The predicted molar refractivity (Wildman–Crippen MR) is 97.7 cm³/mol. The molecule has 1 fully saturated rings. The van der Waals surface area contributed by atoms with Gasteiger partial charge in [-0.15, -0.1) is 0 Å². The molecule has 0 spiro atoms. The van der Waals surface area contributed by atoms with Gasteiger partial charge in [-0.25, -0.2) is 4.79 Å². The van der Waals surface area contributed by atoms with Gasteiger partial charge in [0.2, 0.25) is 0 Å². The third kappa shape index (κ3) is 3.35. The molecule has 0 aliphatic carbocycles. The maximum atomic E-state index is 12.9. The Labute approximate surface area is 151 Å². The lowest BCUT2D eigenvalue weighted by atomic mass is 9.99. The monoisotopic (exact) mass is 351 g/mol. The molecule has 0 unspecified atom stereocenters. The molecule has 0 radical (unpaired) electrons. The highest BCUT2D eigenvalue weighted by Crippen LogP contribution is 2.31. The van der Waals surface area contributed by atoms with Crippen molar-refractivity contribution in [3.05, 3.63) is 60.2 Å². The normalized spacial score (nSPS) is 17.3. The number of aromatic nitrogens is 1. The van der Waals surface area contributed by atoms with E-state index in [-0.39, 0.29) is 12.1 Å². The van der Waals surface area contributed by atoms with E-state index >= 15 is 0 Å². The summed E-state index contributed by atoms with van der Waals surface area (Å²) in [6.07, 6.45) is 4.60. The molecular formula is C20H21N3O3. The number of benzene rings is 1. The summed E-state index contributed by atoms with van der Waals surface area (Å²) in [6, 6.07) is 13.1. The smallest absolute Gasteiger partial charge is 0.322 e. The first kappa shape index (κ1) is 16.4. The number of hydrogen-bond acceptors (Lipinski definition) is 4. The molecule has 3 heterocycles. The van der Waals surface area contributed by atoms with Crippen molar-refractivity contribution < 1.29 is 13.7 Å². The minimum atomic E-state index is -0.119. The summed E-state index contributed by atoms with van der Waals surface area (Å²) < 4.78 is 10.6. The van der Waals surface area contributed by atoms with Crippen LogP contribution >= 0.6 is 0 Å². The van der Waals surface area contributed by atoms with Crippen LogP contribution < -0.4 is 5.32 Å². The summed E-state index contributed by atoms with van der Waals surface area (Å²) in [5, 5.41) is 7.13. The van der Waals surface area contributed by atoms with E-state index in [9.17, 15) is 4.79 Å². The van der Waals surface area contributed by atoms with Gasteiger partial charge in [0.15, 0.2) is 0 Å². The van der Waals surface area contributed by atoms with E-state index in [1.807, 2.05) is 54.3 Å². The second-order valence-corrected chi connectivity index (χ2v) is 6.56. The van der Waals surface area contributed by atoms with Crippen molar-refractivity contribution in [2.24, 2.45) is 0 Å². The van der Waals surface area contributed by atoms with Gasteiger partial charge >= 0.3 is 6.03 Å².